The standard InChI is InChI=1S/C24H32N2O3S2/c1-24(2,17-30)23(28)25-21(22(27)29-14-18-8-6-5-7-9-18)16-31-15-19-10-12-20(13-11-19)26(3)4/h5-13,21,30H,14-17H2,1-4H3,(H,25,28)/t21-/m0/s1. The van der Waals surface area contributed by atoms with E-state index < -0.39 is 17.4 Å². The Labute approximate surface area is 195 Å². The van der Waals surface area contributed by atoms with Crippen LogP contribution in [0.3, 0.4) is 0 Å². The van der Waals surface area contributed by atoms with Gasteiger partial charge in [0.15, 0.2) is 0 Å². The second kappa shape index (κ2) is 12.1. The summed E-state index contributed by atoms with van der Waals surface area (Å²) in [6.07, 6.45) is 0. The maximum Gasteiger partial charge on any atom is 0.329 e. The number of hydrogen-bond donors (Lipinski definition) is 2. The topological polar surface area (TPSA) is 58.6 Å². The van der Waals surface area contributed by atoms with Crippen LogP contribution in [0.15, 0.2) is 54.6 Å². The van der Waals surface area contributed by atoms with Crippen LogP contribution < -0.4 is 10.2 Å². The first-order chi connectivity index (χ1) is 14.7. The highest BCUT2D eigenvalue weighted by atomic mass is 32.2. The molecule has 2 aromatic rings. The molecular weight excluding hydrogens is 428 g/mol. The minimum atomic E-state index is -0.721. The lowest BCUT2D eigenvalue weighted by Crippen LogP contribution is -2.49. The molecule has 0 saturated carbocycles. The van der Waals surface area contributed by atoms with Crippen molar-refractivity contribution in [2.75, 3.05) is 30.5 Å². The van der Waals surface area contributed by atoms with Crippen LogP contribution in [0.4, 0.5) is 5.69 Å². The van der Waals surface area contributed by atoms with E-state index in [-0.39, 0.29) is 12.5 Å². The van der Waals surface area contributed by atoms with Crippen molar-refractivity contribution < 1.29 is 14.3 Å². The van der Waals surface area contributed by atoms with E-state index in [1.807, 2.05) is 44.4 Å². The molecule has 0 aliphatic rings. The van der Waals surface area contributed by atoms with Crippen molar-refractivity contribution in [1.29, 1.82) is 0 Å². The SMILES string of the molecule is CN(C)c1ccc(CSC[C@H](NC(=O)C(C)(C)CS)C(=O)OCc2ccccc2)cc1. The Morgan fingerprint density at radius 1 is 1.06 bits per heavy atom. The third-order valence-corrected chi connectivity index (χ3v) is 6.73. The van der Waals surface area contributed by atoms with Gasteiger partial charge in [-0.2, -0.15) is 24.4 Å². The van der Waals surface area contributed by atoms with E-state index in [0.29, 0.717) is 11.5 Å². The van der Waals surface area contributed by atoms with Crippen LogP contribution in [-0.4, -0.2) is 43.5 Å². The molecule has 31 heavy (non-hydrogen) atoms. The van der Waals surface area contributed by atoms with Gasteiger partial charge in [-0.05, 0) is 23.3 Å². The van der Waals surface area contributed by atoms with Crippen LogP contribution >= 0.6 is 24.4 Å². The molecular formula is C24H32N2O3S2. The zero-order chi connectivity index (χ0) is 22.9. The van der Waals surface area contributed by atoms with E-state index in [2.05, 4.69) is 47.1 Å². The molecule has 0 radical (unpaired) electrons. The number of rotatable bonds is 11. The Balaban J connectivity index is 1.98. The summed E-state index contributed by atoms with van der Waals surface area (Å²) in [7, 11) is 4.01. The van der Waals surface area contributed by atoms with E-state index >= 15 is 0 Å². The summed E-state index contributed by atoms with van der Waals surface area (Å²) in [5.74, 6) is 0.915. The first-order valence-corrected chi connectivity index (χ1v) is 12.0. The number of nitrogens with one attached hydrogen (secondary N) is 1. The number of carbonyl (C=O) groups excluding carboxylic acids is 2. The second-order valence-corrected chi connectivity index (χ2v) is 9.58. The Morgan fingerprint density at radius 3 is 2.29 bits per heavy atom. The number of thiol groups is 1. The van der Waals surface area contributed by atoms with Gasteiger partial charge < -0.3 is 15.0 Å². The number of ether oxygens (including phenoxy) is 1. The van der Waals surface area contributed by atoms with Crippen LogP contribution in [0, 0.1) is 5.41 Å². The highest BCUT2D eigenvalue weighted by Crippen LogP contribution is 2.20. The maximum atomic E-state index is 12.8. The maximum absolute atomic E-state index is 12.8. The van der Waals surface area contributed by atoms with Gasteiger partial charge in [-0.25, -0.2) is 4.79 Å². The molecule has 2 rings (SSSR count). The first kappa shape index (κ1) is 25.1. The fourth-order valence-corrected chi connectivity index (χ4v) is 3.75. The fraction of sp³-hybridized carbons (Fsp3) is 0.417. The van der Waals surface area contributed by atoms with Gasteiger partial charge in [0.05, 0.1) is 5.41 Å². The van der Waals surface area contributed by atoms with Gasteiger partial charge in [-0.1, -0.05) is 56.3 Å². The summed E-state index contributed by atoms with van der Waals surface area (Å²) >= 11 is 5.85. The van der Waals surface area contributed by atoms with E-state index in [1.165, 1.54) is 0 Å². The molecule has 1 atom stereocenters. The van der Waals surface area contributed by atoms with E-state index in [9.17, 15) is 9.59 Å². The van der Waals surface area contributed by atoms with E-state index in [4.69, 9.17) is 4.74 Å². The van der Waals surface area contributed by atoms with Crippen LogP contribution in [-0.2, 0) is 26.7 Å². The van der Waals surface area contributed by atoms with Crippen LogP contribution in [0.1, 0.15) is 25.0 Å². The lowest BCUT2D eigenvalue weighted by molar-refractivity contribution is -0.149. The Bertz CT molecular complexity index is 840. The quantitative estimate of drug-likeness (QED) is 0.389. The van der Waals surface area contributed by atoms with Gasteiger partial charge in [0.25, 0.3) is 0 Å². The zero-order valence-electron chi connectivity index (χ0n) is 18.6. The smallest absolute Gasteiger partial charge is 0.329 e. The summed E-state index contributed by atoms with van der Waals surface area (Å²) in [5, 5.41) is 2.86. The zero-order valence-corrected chi connectivity index (χ0v) is 20.3. The minimum Gasteiger partial charge on any atom is -0.459 e. The lowest BCUT2D eigenvalue weighted by atomic mass is 9.95. The normalized spacial score (nSPS) is 12.2. The molecule has 5 nitrogen and oxygen atoms in total. The van der Waals surface area contributed by atoms with E-state index in [1.54, 1.807) is 25.6 Å². The van der Waals surface area contributed by atoms with Crippen molar-refractivity contribution in [1.82, 2.24) is 5.32 Å². The van der Waals surface area contributed by atoms with Crippen LogP contribution in [0.5, 0.6) is 0 Å². The molecule has 1 N–H and O–H groups in total. The highest BCUT2D eigenvalue weighted by Gasteiger charge is 2.31. The number of thioether (sulfide) groups is 1. The van der Waals surface area contributed by atoms with Crippen molar-refractivity contribution in [2.45, 2.75) is 32.2 Å². The second-order valence-electron chi connectivity index (χ2n) is 8.24. The first-order valence-electron chi connectivity index (χ1n) is 10.2. The highest BCUT2D eigenvalue weighted by molar-refractivity contribution is 7.98. The number of esters is 1. The third-order valence-electron chi connectivity index (χ3n) is 4.83. The molecule has 0 heterocycles. The summed E-state index contributed by atoms with van der Waals surface area (Å²) in [4.78, 5) is 27.4. The monoisotopic (exact) mass is 460 g/mol. The minimum absolute atomic E-state index is 0.179. The lowest BCUT2D eigenvalue weighted by Gasteiger charge is -2.25. The van der Waals surface area contributed by atoms with Crippen LogP contribution in [0.25, 0.3) is 0 Å². The van der Waals surface area contributed by atoms with Gasteiger partial charge >= 0.3 is 5.97 Å². The number of hydrogen-bond acceptors (Lipinski definition) is 6. The summed E-state index contributed by atoms with van der Waals surface area (Å²) in [6.45, 7) is 3.79. The molecule has 0 aromatic heterocycles. The largest absolute Gasteiger partial charge is 0.459 e. The average Bonchev–Trinajstić information content (AvgIpc) is 2.77. The van der Waals surface area contributed by atoms with Crippen molar-refractivity contribution in [3.05, 3.63) is 65.7 Å². The van der Waals surface area contributed by atoms with Crippen molar-refractivity contribution in [3.63, 3.8) is 0 Å². The molecule has 0 bridgehead atoms. The van der Waals surface area contributed by atoms with Gasteiger partial charge in [-0.15, -0.1) is 0 Å². The number of nitrogens with zero attached hydrogens (tertiary/aromatic N) is 1. The van der Waals surface area contributed by atoms with Crippen molar-refractivity contribution in [3.8, 4) is 0 Å². The molecule has 0 unspecified atom stereocenters. The van der Waals surface area contributed by atoms with Gasteiger partial charge in [0.1, 0.15) is 12.6 Å². The van der Waals surface area contributed by atoms with Gasteiger partial charge in [0, 0.05) is 37.0 Å². The molecule has 168 valence electrons. The molecule has 0 spiro atoms. The molecule has 0 fully saturated rings. The van der Waals surface area contributed by atoms with E-state index in [0.717, 1.165) is 22.6 Å². The number of amides is 1. The van der Waals surface area contributed by atoms with Crippen molar-refractivity contribution in [2.24, 2.45) is 5.41 Å². The molecule has 2 aromatic carbocycles. The van der Waals surface area contributed by atoms with Crippen molar-refractivity contribution >= 4 is 42.0 Å². The molecule has 0 aliphatic carbocycles. The summed E-state index contributed by atoms with van der Waals surface area (Å²) in [6, 6.07) is 17.1. The molecule has 0 aliphatic heterocycles. The Hall–Kier alpha value is -2.12. The predicted molar refractivity (Wildman–Crippen MR) is 133 cm³/mol. The predicted octanol–water partition coefficient (Wildman–Crippen LogP) is 4.17. The fourth-order valence-electron chi connectivity index (χ4n) is 2.61. The van der Waals surface area contributed by atoms with Gasteiger partial charge in [0.2, 0.25) is 5.91 Å². The molecule has 7 heteroatoms. The summed E-state index contributed by atoms with van der Waals surface area (Å²) < 4.78 is 5.49. The molecule has 0 saturated heterocycles. The van der Waals surface area contributed by atoms with Gasteiger partial charge in [-0.3, -0.25) is 4.79 Å². The Morgan fingerprint density at radius 2 is 1.71 bits per heavy atom. The number of carbonyl (C=O) groups is 2. The number of benzene rings is 2. The van der Waals surface area contributed by atoms with Crippen LogP contribution in [0.2, 0.25) is 0 Å². The average molecular weight is 461 g/mol. The summed E-state index contributed by atoms with van der Waals surface area (Å²) in [5.41, 5.74) is 2.53. The Kier molecular flexibility index (Phi) is 9.78. The third kappa shape index (κ3) is 8.15. The molecule has 1 amide bonds. The number of anilines is 1.